The first-order chi connectivity index (χ1) is 12.8. The molecule has 0 aromatic heterocycles. The molecule has 0 N–H and O–H groups in total. The highest BCUT2D eigenvalue weighted by Gasteiger charge is 2.48. The molecule has 1 saturated heterocycles. The third-order valence-corrected chi connectivity index (χ3v) is 4.61. The molecule has 0 unspecified atom stereocenters. The van der Waals surface area contributed by atoms with Gasteiger partial charge in [-0.2, -0.15) is 0 Å². The Hall–Kier alpha value is -1.38. The SMILES string of the molecule is CON(C)C(=O)COC[C@@H](CC(C)C)[C@@H]1COC(C)(C)N1C(=O)OC(C)(C)C. The molecule has 0 aromatic rings. The molecule has 0 aromatic carbocycles. The van der Waals surface area contributed by atoms with Gasteiger partial charge in [-0.1, -0.05) is 13.8 Å². The van der Waals surface area contributed by atoms with Crippen molar-refractivity contribution in [3.05, 3.63) is 0 Å². The Balaban J connectivity index is 2.91. The van der Waals surface area contributed by atoms with Gasteiger partial charge in [0.15, 0.2) is 0 Å². The van der Waals surface area contributed by atoms with Gasteiger partial charge >= 0.3 is 6.09 Å². The van der Waals surface area contributed by atoms with Gasteiger partial charge in [-0.15, -0.1) is 0 Å². The fraction of sp³-hybridized carbons (Fsp3) is 0.900. The molecule has 8 heteroatoms. The number of hydroxylamine groups is 2. The molecule has 1 aliphatic rings. The van der Waals surface area contributed by atoms with Crippen molar-refractivity contribution in [1.29, 1.82) is 0 Å². The second-order valence-electron chi connectivity index (χ2n) is 9.15. The summed E-state index contributed by atoms with van der Waals surface area (Å²) >= 11 is 0. The van der Waals surface area contributed by atoms with Crippen molar-refractivity contribution >= 4 is 12.0 Å². The summed E-state index contributed by atoms with van der Waals surface area (Å²) in [6.07, 6.45) is 0.432. The summed E-state index contributed by atoms with van der Waals surface area (Å²) in [4.78, 5) is 31.3. The first-order valence-corrected chi connectivity index (χ1v) is 9.83. The summed E-state index contributed by atoms with van der Waals surface area (Å²) in [5.41, 5.74) is -1.37. The number of likely N-dealkylation sites (N-methyl/N-ethyl adjacent to an activating group) is 1. The van der Waals surface area contributed by atoms with Crippen LogP contribution in [0.3, 0.4) is 0 Å². The molecule has 1 heterocycles. The number of carbonyl (C=O) groups is 2. The second-order valence-corrected chi connectivity index (χ2v) is 9.15. The van der Waals surface area contributed by atoms with Gasteiger partial charge in [-0.05, 0) is 47.0 Å². The van der Waals surface area contributed by atoms with Gasteiger partial charge in [0.25, 0.3) is 5.91 Å². The highest BCUT2D eigenvalue weighted by Crippen LogP contribution is 2.35. The minimum absolute atomic E-state index is 0.00921. The molecule has 0 bridgehead atoms. The van der Waals surface area contributed by atoms with Gasteiger partial charge in [0, 0.05) is 13.0 Å². The van der Waals surface area contributed by atoms with Gasteiger partial charge in [-0.3, -0.25) is 14.5 Å². The van der Waals surface area contributed by atoms with Crippen molar-refractivity contribution in [2.45, 2.75) is 72.3 Å². The van der Waals surface area contributed by atoms with Gasteiger partial charge < -0.3 is 14.2 Å². The molecule has 0 aliphatic carbocycles. The van der Waals surface area contributed by atoms with Crippen LogP contribution in [0.25, 0.3) is 0 Å². The fourth-order valence-corrected chi connectivity index (χ4v) is 3.28. The standard InChI is InChI=1S/C20H38N2O6/c1-14(2)10-15(11-26-13-17(23)21(8)25-9)16-12-27-20(6,7)22(16)18(24)28-19(3,4)5/h14-16H,10-13H2,1-9H3/t15-,16+/m1/s1. The molecule has 0 saturated carbocycles. The zero-order chi connectivity index (χ0) is 21.7. The average Bonchev–Trinajstić information content (AvgIpc) is 2.86. The Kier molecular flexibility index (Phi) is 8.71. The van der Waals surface area contributed by atoms with Crippen LogP contribution in [-0.4, -0.2) is 73.3 Å². The third-order valence-electron chi connectivity index (χ3n) is 4.61. The van der Waals surface area contributed by atoms with Crippen molar-refractivity contribution in [3.8, 4) is 0 Å². The Morgan fingerprint density at radius 1 is 1.29 bits per heavy atom. The zero-order valence-corrected chi connectivity index (χ0v) is 18.9. The molecule has 164 valence electrons. The average molecular weight is 403 g/mol. The van der Waals surface area contributed by atoms with Crippen LogP contribution < -0.4 is 0 Å². The first-order valence-electron chi connectivity index (χ1n) is 9.83. The van der Waals surface area contributed by atoms with E-state index in [1.165, 1.54) is 14.2 Å². The van der Waals surface area contributed by atoms with E-state index in [4.69, 9.17) is 19.0 Å². The van der Waals surface area contributed by atoms with Crippen molar-refractivity contribution < 1.29 is 28.6 Å². The lowest BCUT2D eigenvalue weighted by Gasteiger charge is -2.38. The van der Waals surface area contributed by atoms with E-state index < -0.39 is 17.4 Å². The van der Waals surface area contributed by atoms with E-state index in [9.17, 15) is 9.59 Å². The van der Waals surface area contributed by atoms with Crippen LogP contribution in [0.15, 0.2) is 0 Å². The van der Waals surface area contributed by atoms with Gasteiger partial charge in [-0.25, -0.2) is 9.86 Å². The quantitative estimate of drug-likeness (QED) is 0.581. The lowest BCUT2D eigenvalue weighted by molar-refractivity contribution is -0.174. The van der Waals surface area contributed by atoms with E-state index >= 15 is 0 Å². The van der Waals surface area contributed by atoms with E-state index in [2.05, 4.69) is 13.8 Å². The Morgan fingerprint density at radius 2 is 1.89 bits per heavy atom. The predicted octanol–water partition coefficient (Wildman–Crippen LogP) is 3.06. The molecule has 28 heavy (non-hydrogen) atoms. The van der Waals surface area contributed by atoms with E-state index in [1.54, 1.807) is 4.90 Å². The van der Waals surface area contributed by atoms with Crippen LogP contribution in [0.5, 0.6) is 0 Å². The van der Waals surface area contributed by atoms with E-state index in [0.717, 1.165) is 11.5 Å². The summed E-state index contributed by atoms with van der Waals surface area (Å²) in [5.74, 6) is 0.142. The summed E-state index contributed by atoms with van der Waals surface area (Å²) in [6.45, 7) is 14.2. The van der Waals surface area contributed by atoms with Gasteiger partial charge in [0.2, 0.25) is 0 Å². The maximum absolute atomic E-state index is 12.9. The maximum atomic E-state index is 12.9. The molecule has 2 amide bonds. The van der Waals surface area contributed by atoms with Crippen LogP contribution in [0.4, 0.5) is 4.79 Å². The van der Waals surface area contributed by atoms with Crippen LogP contribution in [0, 0.1) is 11.8 Å². The molecule has 8 nitrogen and oxygen atoms in total. The third kappa shape index (κ3) is 7.22. The molecule has 2 atom stereocenters. The predicted molar refractivity (Wildman–Crippen MR) is 105 cm³/mol. The number of rotatable bonds is 8. The molecule has 0 spiro atoms. The van der Waals surface area contributed by atoms with Crippen molar-refractivity contribution in [2.75, 3.05) is 34.0 Å². The van der Waals surface area contributed by atoms with E-state index in [0.29, 0.717) is 19.1 Å². The molecule has 1 fully saturated rings. The number of amides is 2. The minimum Gasteiger partial charge on any atom is -0.444 e. The van der Waals surface area contributed by atoms with Gasteiger partial charge in [0.05, 0.1) is 26.4 Å². The second kappa shape index (κ2) is 9.89. The number of nitrogens with zero attached hydrogens (tertiary/aromatic N) is 2. The van der Waals surface area contributed by atoms with Crippen LogP contribution in [0.1, 0.15) is 54.9 Å². The molecule has 0 radical (unpaired) electrons. The van der Waals surface area contributed by atoms with E-state index in [1.807, 2.05) is 34.6 Å². The Labute approximate surface area is 169 Å². The first kappa shape index (κ1) is 24.7. The Bertz CT molecular complexity index is 529. The van der Waals surface area contributed by atoms with E-state index in [-0.39, 0.29) is 24.5 Å². The smallest absolute Gasteiger partial charge is 0.412 e. The molecule has 1 rings (SSSR count). The highest BCUT2D eigenvalue weighted by atomic mass is 16.7. The zero-order valence-electron chi connectivity index (χ0n) is 18.9. The summed E-state index contributed by atoms with van der Waals surface area (Å²) in [6, 6.07) is -0.192. The number of hydrogen-bond acceptors (Lipinski definition) is 6. The lowest BCUT2D eigenvalue weighted by Crippen LogP contribution is -2.52. The summed E-state index contributed by atoms with van der Waals surface area (Å²) < 4.78 is 17.2. The minimum atomic E-state index is -0.770. The van der Waals surface area contributed by atoms with Crippen molar-refractivity contribution in [1.82, 2.24) is 9.96 Å². The van der Waals surface area contributed by atoms with Crippen molar-refractivity contribution in [2.24, 2.45) is 11.8 Å². The summed E-state index contributed by atoms with van der Waals surface area (Å²) in [7, 11) is 2.96. The lowest BCUT2D eigenvalue weighted by atomic mass is 9.90. The normalized spacial score (nSPS) is 20.4. The fourth-order valence-electron chi connectivity index (χ4n) is 3.28. The van der Waals surface area contributed by atoms with Gasteiger partial charge in [0.1, 0.15) is 17.9 Å². The van der Waals surface area contributed by atoms with Crippen LogP contribution >= 0.6 is 0 Å². The largest absolute Gasteiger partial charge is 0.444 e. The highest BCUT2D eigenvalue weighted by molar-refractivity contribution is 5.76. The van der Waals surface area contributed by atoms with Crippen molar-refractivity contribution in [3.63, 3.8) is 0 Å². The topological polar surface area (TPSA) is 77.5 Å². The Morgan fingerprint density at radius 3 is 2.39 bits per heavy atom. The number of ether oxygens (including phenoxy) is 3. The van der Waals surface area contributed by atoms with Crippen LogP contribution in [-0.2, 0) is 23.8 Å². The monoisotopic (exact) mass is 402 g/mol. The molecular weight excluding hydrogens is 364 g/mol. The summed E-state index contributed by atoms with van der Waals surface area (Å²) in [5, 5.41) is 1.13. The number of carbonyl (C=O) groups excluding carboxylic acids is 2. The van der Waals surface area contributed by atoms with Crippen LogP contribution in [0.2, 0.25) is 0 Å². The number of hydrogen-bond donors (Lipinski definition) is 0. The molecule has 1 aliphatic heterocycles. The molecular formula is C20H38N2O6. The maximum Gasteiger partial charge on any atom is 0.412 e.